The Hall–Kier alpha value is -2.21. The maximum atomic E-state index is 12.4. The Bertz CT molecular complexity index is 766. The second kappa shape index (κ2) is 5.41. The fourth-order valence-electron chi connectivity index (χ4n) is 3.75. The molecule has 1 amide bonds. The Morgan fingerprint density at radius 2 is 2.00 bits per heavy atom. The number of benzene rings is 1. The normalized spacial score (nSPS) is 28.2. The molecule has 3 fully saturated rings. The monoisotopic (exact) mass is 324 g/mol. The van der Waals surface area contributed by atoms with E-state index in [1.54, 1.807) is 0 Å². The van der Waals surface area contributed by atoms with Crippen LogP contribution in [0.3, 0.4) is 0 Å². The second-order valence-corrected chi connectivity index (χ2v) is 7.09. The van der Waals surface area contributed by atoms with E-state index in [0.29, 0.717) is 23.4 Å². The van der Waals surface area contributed by atoms with Gasteiger partial charge in [0, 0.05) is 17.0 Å². The molecule has 1 aliphatic carbocycles. The molecule has 6 nitrogen and oxygen atoms in total. The lowest BCUT2D eigenvalue weighted by molar-refractivity contribution is 0.0841. The number of fused-ring (bicyclic) bond motifs is 2. The third-order valence-corrected chi connectivity index (χ3v) is 5.29. The largest absolute Gasteiger partial charge is 0.373 e. The number of nitrogens with zero attached hydrogens (tertiary/aromatic N) is 2. The van der Waals surface area contributed by atoms with Crippen LogP contribution in [-0.4, -0.2) is 39.3 Å². The van der Waals surface area contributed by atoms with Crippen LogP contribution in [0.4, 0.5) is 0 Å². The summed E-state index contributed by atoms with van der Waals surface area (Å²) in [5.74, 6) is 2.20. The standard InChI is InChI=1S/C18H20N4O2/c23-18(19-14-9-13-7-8-15(14)24-13)12-5-3-11(4-6-12)17-20-16(21-22-17)10-1-2-10/h3-6,10,13-15H,1-2,7-9H2,(H,19,23)(H,20,21,22)/t13-,14-,15-/m1/s1. The number of nitrogens with one attached hydrogen (secondary N) is 2. The molecule has 24 heavy (non-hydrogen) atoms. The Balaban J connectivity index is 1.27. The van der Waals surface area contributed by atoms with Gasteiger partial charge >= 0.3 is 0 Å². The zero-order valence-electron chi connectivity index (χ0n) is 13.4. The summed E-state index contributed by atoms with van der Waals surface area (Å²) in [5, 5.41) is 10.4. The highest BCUT2D eigenvalue weighted by atomic mass is 16.5. The molecule has 2 aliphatic heterocycles. The summed E-state index contributed by atoms with van der Waals surface area (Å²) < 4.78 is 5.79. The van der Waals surface area contributed by atoms with Crippen molar-refractivity contribution in [1.82, 2.24) is 20.5 Å². The zero-order chi connectivity index (χ0) is 16.1. The molecule has 2 bridgehead atoms. The van der Waals surface area contributed by atoms with Gasteiger partial charge in [0.25, 0.3) is 5.91 Å². The number of hydrogen-bond donors (Lipinski definition) is 2. The molecule has 5 rings (SSSR count). The molecule has 2 aromatic rings. The van der Waals surface area contributed by atoms with E-state index in [2.05, 4.69) is 20.5 Å². The number of carbonyl (C=O) groups excluding carboxylic acids is 1. The van der Waals surface area contributed by atoms with Crippen molar-refractivity contribution in [1.29, 1.82) is 0 Å². The predicted octanol–water partition coefficient (Wildman–Crippen LogP) is 2.40. The van der Waals surface area contributed by atoms with Gasteiger partial charge in [-0.15, -0.1) is 0 Å². The van der Waals surface area contributed by atoms with Crippen LogP contribution in [0.5, 0.6) is 0 Å². The molecule has 1 saturated carbocycles. The van der Waals surface area contributed by atoms with Crippen LogP contribution in [0.15, 0.2) is 24.3 Å². The quantitative estimate of drug-likeness (QED) is 0.905. The van der Waals surface area contributed by atoms with Gasteiger partial charge in [0.2, 0.25) is 0 Å². The topological polar surface area (TPSA) is 79.9 Å². The van der Waals surface area contributed by atoms with Gasteiger partial charge < -0.3 is 10.1 Å². The molecule has 1 aromatic heterocycles. The number of aromatic nitrogens is 3. The van der Waals surface area contributed by atoms with Crippen molar-refractivity contribution in [2.24, 2.45) is 0 Å². The highest BCUT2D eigenvalue weighted by molar-refractivity contribution is 5.94. The van der Waals surface area contributed by atoms with Crippen LogP contribution in [0.2, 0.25) is 0 Å². The summed E-state index contributed by atoms with van der Waals surface area (Å²) in [6, 6.07) is 7.65. The lowest BCUT2D eigenvalue weighted by Crippen LogP contribution is -2.41. The Morgan fingerprint density at radius 1 is 1.17 bits per heavy atom. The molecule has 2 saturated heterocycles. The van der Waals surface area contributed by atoms with E-state index in [4.69, 9.17) is 4.74 Å². The zero-order valence-corrected chi connectivity index (χ0v) is 13.4. The minimum atomic E-state index is -0.0312. The Kier molecular flexibility index (Phi) is 3.19. The van der Waals surface area contributed by atoms with Gasteiger partial charge in [-0.05, 0) is 44.2 Å². The average Bonchev–Trinajstić information content (AvgIpc) is 3.03. The van der Waals surface area contributed by atoms with Crippen LogP contribution in [0, 0.1) is 0 Å². The molecular formula is C18H20N4O2. The van der Waals surface area contributed by atoms with Gasteiger partial charge in [-0.25, -0.2) is 4.98 Å². The first-order chi connectivity index (χ1) is 11.8. The highest BCUT2D eigenvalue weighted by Gasteiger charge is 2.41. The maximum Gasteiger partial charge on any atom is 0.251 e. The summed E-state index contributed by atoms with van der Waals surface area (Å²) in [6.45, 7) is 0. The molecule has 3 heterocycles. The summed E-state index contributed by atoms with van der Waals surface area (Å²) in [7, 11) is 0. The number of ether oxygens (including phenoxy) is 1. The average molecular weight is 324 g/mol. The fourth-order valence-corrected chi connectivity index (χ4v) is 3.75. The first-order valence-electron chi connectivity index (χ1n) is 8.75. The van der Waals surface area contributed by atoms with Crippen molar-refractivity contribution in [2.45, 2.75) is 56.3 Å². The van der Waals surface area contributed by atoms with Crippen molar-refractivity contribution < 1.29 is 9.53 Å². The molecule has 3 aliphatic rings. The number of H-pyrrole nitrogens is 1. The highest BCUT2D eigenvalue weighted by Crippen LogP contribution is 2.38. The van der Waals surface area contributed by atoms with Crippen LogP contribution < -0.4 is 5.32 Å². The molecule has 2 N–H and O–H groups in total. The van der Waals surface area contributed by atoms with E-state index in [1.807, 2.05) is 24.3 Å². The van der Waals surface area contributed by atoms with Gasteiger partial charge in [0.1, 0.15) is 5.82 Å². The molecule has 0 radical (unpaired) electrons. The van der Waals surface area contributed by atoms with E-state index in [0.717, 1.165) is 30.7 Å². The van der Waals surface area contributed by atoms with Crippen LogP contribution >= 0.6 is 0 Å². The number of hydrogen-bond acceptors (Lipinski definition) is 4. The maximum absolute atomic E-state index is 12.4. The van der Waals surface area contributed by atoms with Crippen molar-refractivity contribution in [3.8, 4) is 11.4 Å². The molecule has 6 heteroatoms. The van der Waals surface area contributed by atoms with Gasteiger partial charge in [0.15, 0.2) is 5.82 Å². The number of amides is 1. The summed E-state index contributed by atoms with van der Waals surface area (Å²) in [6.07, 6.45) is 6.06. The van der Waals surface area contributed by atoms with Gasteiger partial charge in [0.05, 0.1) is 18.2 Å². The smallest absolute Gasteiger partial charge is 0.251 e. The summed E-state index contributed by atoms with van der Waals surface area (Å²) in [4.78, 5) is 17.0. The van der Waals surface area contributed by atoms with Crippen molar-refractivity contribution in [3.63, 3.8) is 0 Å². The summed E-state index contributed by atoms with van der Waals surface area (Å²) in [5.41, 5.74) is 1.59. The van der Waals surface area contributed by atoms with E-state index < -0.39 is 0 Å². The molecular weight excluding hydrogens is 304 g/mol. The van der Waals surface area contributed by atoms with Crippen molar-refractivity contribution in [3.05, 3.63) is 35.7 Å². The predicted molar refractivity (Wildman–Crippen MR) is 87.6 cm³/mol. The first kappa shape index (κ1) is 14.2. The third kappa shape index (κ3) is 2.51. The van der Waals surface area contributed by atoms with Crippen molar-refractivity contribution in [2.75, 3.05) is 0 Å². The molecule has 0 unspecified atom stereocenters. The molecule has 0 spiro atoms. The lowest BCUT2D eigenvalue weighted by Gasteiger charge is -2.20. The van der Waals surface area contributed by atoms with E-state index in [-0.39, 0.29) is 18.1 Å². The molecule has 3 atom stereocenters. The number of rotatable bonds is 4. The van der Waals surface area contributed by atoms with Gasteiger partial charge in [-0.3, -0.25) is 9.89 Å². The van der Waals surface area contributed by atoms with Crippen LogP contribution in [-0.2, 0) is 4.74 Å². The number of aromatic amines is 1. The van der Waals surface area contributed by atoms with Gasteiger partial charge in [-0.2, -0.15) is 5.10 Å². The minimum Gasteiger partial charge on any atom is -0.373 e. The first-order valence-corrected chi connectivity index (χ1v) is 8.75. The van der Waals surface area contributed by atoms with Crippen molar-refractivity contribution >= 4 is 5.91 Å². The van der Waals surface area contributed by atoms with Crippen LogP contribution in [0.25, 0.3) is 11.4 Å². The Labute approximate surface area is 140 Å². The molecule has 124 valence electrons. The SMILES string of the molecule is O=C(N[C@@H]1C[C@H]2CC[C@H]1O2)c1ccc(-c2n[nH]c(C3CC3)n2)cc1. The van der Waals surface area contributed by atoms with Crippen LogP contribution in [0.1, 0.15) is 54.2 Å². The van der Waals surface area contributed by atoms with E-state index >= 15 is 0 Å². The van der Waals surface area contributed by atoms with Gasteiger partial charge in [-0.1, -0.05) is 12.1 Å². The molecule has 1 aromatic carbocycles. The summed E-state index contributed by atoms with van der Waals surface area (Å²) >= 11 is 0. The number of carbonyl (C=O) groups is 1. The second-order valence-electron chi connectivity index (χ2n) is 7.09. The minimum absolute atomic E-state index is 0.0312. The van der Waals surface area contributed by atoms with E-state index in [9.17, 15) is 4.79 Å². The fraction of sp³-hybridized carbons (Fsp3) is 0.500. The van der Waals surface area contributed by atoms with E-state index in [1.165, 1.54) is 12.8 Å². The third-order valence-electron chi connectivity index (χ3n) is 5.29. The lowest BCUT2D eigenvalue weighted by atomic mass is 9.95. The Morgan fingerprint density at radius 3 is 2.67 bits per heavy atom.